The zero-order chi connectivity index (χ0) is 9.68. The summed E-state index contributed by atoms with van der Waals surface area (Å²) < 4.78 is 0. The lowest BCUT2D eigenvalue weighted by Gasteiger charge is -2.14. The van der Waals surface area contributed by atoms with Crippen molar-refractivity contribution in [3.05, 3.63) is 24.3 Å². The van der Waals surface area contributed by atoms with Gasteiger partial charge in [-0.2, -0.15) is 0 Å². The number of Topliss-reactive ketones (excluding diaryl/α,β-unsaturated/α-hetero) is 1. The molecule has 1 nitrogen and oxygen atoms in total. The SMILES string of the molecule is C=CC[C@H](C)C(=O)C1=CCCCC1. The fourth-order valence-corrected chi connectivity index (χ4v) is 1.74. The van der Waals surface area contributed by atoms with E-state index in [1.54, 1.807) is 0 Å². The zero-order valence-corrected chi connectivity index (χ0v) is 8.38. The van der Waals surface area contributed by atoms with Crippen LogP contribution in [0.4, 0.5) is 0 Å². The Morgan fingerprint density at radius 2 is 2.46 bits per heavy atom. The molecule has 13 heavy (non-hydrogen) atoms. The molecule has 0 fully saturated rings. The molecule has 0 bridgehead atoms. The van der Waals surface area contributed by atoms with E-state index in [9.17, 15) is 4.79 Å². The first kappa shape index (κ1) is 10.2. The van der Waals surface area contributed by atoms with E-state index < -0.39 is 0 Å². The summed E-state index contributed by atoms with van der Waals surface area (Å²) in [5.41, 5.74) is 1.06. The lowest BCUT2D eigenvalue weighted by atomic mass is 9.89. The minimum absolute atomic E-state index is 0.127. The average molecular weight is 178 g/mol. The molecule has 1 rings (SSSR count). The van der Waals surface area contributed by atoms with Crippen LogP contribution >= 0.6 is 0 Å². The molecule has 1 heteroatoms. The van der Waals surface area contributed by atoms with Crippen LogP contribution in [0, 0.1) is 5.92 Å². The Morgan fingerprint density at radius 3 is 3.00 bits per heavy atom. The van der Waals surface area contributed by atoms with Crippen molar-refractivity contribution in [2.75, 3.05) is 0 Å². The number of hydrogen-bond acceptors (Lipinski definition) is 1. The van der Waals surface area contributed by atoms with Gasteiger partial charge in [0.1, 0.15) is 0 Å². The molecule has 0 saturated heterocycles. The van der Waals surface area contributed by atoms with E-state index in [2.05, 4.69) is 12.7 Å². The summed E-state index contributed by atoms with van der Waals surface area (Å²) >= 11 is 0. The van der Waals surface area contributed by atoms with Gasteiger partial charge in [0.15, 0.2) is 5.78 Å². The number of carbonyl (C=O) groups is 1. The van der Waals surface area contributed by atoms with Crippen molar-refractivity contribution in [2.24, 2.45) is 5.92 Å². The zero-order valence-electron chi connectivity index (χ0n) is 8.38. The summed E-state index contributed by atoms with van der Waals surface area (Å²) in [5, 5.41) is 0. The maximum absolute atomic E-state index is 11.8. The van der Waals surface area contributed by atoms with Crippen molar-refractivity contribution in [3.63, 3.8) is 0 Å². The van der Waals surface area contributed by atoms with E-state index >= 15 is 0 Å². The fraction of sp³-hybridized carbons (Fsp3) is 0.583. The first-order valence-corrected chi connectivity index (χ1v) is 5.10. The van der Waals surface area contributed by atoms with E-state index in [1.807, 2.05) is 13.0 Å². The third-order valence-electron chi connectivity index (χ3n) is 2.58. The van der Waals surface area contributed by atoms with E-state index in [0.29, 0.717) is 5.78 Å². The fourth-order valence-electron chi connectivity index (χ4n) is 1.74. The van der Waals surface area contributed by atoms with Crippen LogP contribution in [0.1, 0.15) is 39.0 Å². The summed E-state index contributed by atoms with van der Waals surface area (Å²) in [6.07, 6.45) is 9.24. The van der Waals surface area contributed by atoms with Crippen molar-refractivity contribution in [2.45, 2.75) is 39.0 Å². The molecule has 0 aromatic rings. The molecule has 0 aromatic carbocycles. The molecular formula is C12H18O. The first-order chi connectivity index (χ1) is 6.25. The Hall–Kier alpha value is -0.850. The van der Waals surface area contributed by atoms with Crippen molar-refractivity contribution in [3.8, 4) is 0 Å². The van der Waals surface area contributed by atoms with Crippen molar-refractivity contribution in [1.29, 1.82) is 0 Å². The summed E-state index contributed by atoms with van der Waals surface area (Å²) in [6, 6.07) is 0. The number of hydrogen-bond donors (Lipinski definition) is 0. The van der Waals surface area contributed by atoms with E-state index in [0.717, 1.165) is 24.8 Å². The number of ketones is 1. The number of carbonyl (C=O) groups excluding carboxylic acids is 1. The Morgan fingerprint density at radius 1 is 1.69 bits per heavy atom. The monoisotopic (exact) mass is 178 g/mol. The first-order valence-electron chi connectivity index (χ1n) is 5.10. The molecule has 0 spiro atoms. The predicted octanol–water partition coefficient (Wildman–Crippen LogP) is 3.27. The van der Waals surface area contributed by atoms with Gasteiger partial charge in [-0.3, -0.25) is 4.79 Å². The molecule has 0 aliphatic heterocycles. The standard InChI is InChI=1S/C12H18O/c1-3-7-10(2)12(13)11-8-5-4-6-9-11/h3,8,10H,1,4-7,9H2,2H3/t10-/m0/s1. The minimum atomic E-state index is 0.127. The average Bonchev–Trinajstić information content (AvgIpc) is 2.18. The van der Waals surface area contributed by atoms with Crippen LogP contribution in [0.5, 0.6) is 0 Å². The van der Waals surface area contributed by atoms with Crippen LogP contribution in [0.2, 0.25) is 0 Å². The molecule has 72 valence electrons. The van der Waals surface area contributed by atoms with Crippen LogP contribution < -0.4 is 0 Å². The third-order valence-corrected chi connectivity index (χ3v) is 2.58. The Labute approximate surface area is 80.5 Å². The normalized spacial score (nSPS) is 19.0. The molecule has 0 aromatic heterocycles. The van der Waals surface area contributed by atoms with E-state index in [1.165, 1.54) is 12.8 Å². The van der Waals surface area contributed by atoms with Gasteiger partial charge in [-0.05, 0) is 37.7 Å². The van der Waals surface area contributed by atoms with Gasteiger partial charge < -0.3 is 0 Å². The highest BCUT2D eigenvalue weighted by Gasteiger charge is 2.17. The topological polar surface area (TPSA) is 17.1 Å². The van der Waals surface area contributed by atoms with Crippen LogP contribution in [0.25, 0.3) is 0 Å². The lowest BCUT2D eigenvalue weighted by molar-refractivity contribution is -0.118. The van der Waals surface area contributed by atoms with Gasteiger partial charge >= 0.3 is 0 Å². The van der Waals surface area contributed by atoms with Gasteiger partial charge in [-0.1, -0.05) is 19.1 Å². The summed E-state index contributed by atoms with van der Waals surface area (Å²) in [6.45, 7) is 5.64. The van der Waals surface area contributed by atoms with Gasteiger partial charge in [-0.25, -0.2) is 0 Å². The van der Waals surface area contributed by atoms with Gasteiger partial charge in [-0.15, -0.1) is 6.58 Å². The highest BCUT2D eigenvalue weighted by atomic mass is 16.1. The predicted molar refractivity (Wildman–Crippen MR) is 55.5 cm³/mol. The molecule has 1 aliphatic carbocycles. The molecule has 0 amide bonds. The van der Waals surface area contributed by atoms with Gasteiger partial charge in [0.25, 0.3) is 0 Å². The highest BCUT2D eigenvalue weighted by molar-refractivity contribution is 5.97. The molecule has 0 radical (unpaired) electrons. The van der Waals surface area contributed by atoms with Crippen molar-refractivity contribution >= 4 is 5.78 Å². The summed E-state index contributed by atoms with van der Waals surface area (Å²) in [4.78, 5) is 11.8. The smallest absolute Gasteiger partial charge is 0.161 e. The van der Waals surface area contributed by atoms with Crippen LogP contribution in [-0.2, 0) is 4.79 Å². The van der Waals surface area contributed by atoms with Gasteiger partial charge in [0.2, 0.25) is 0 Å². The second-order valence-corrected chi connectivity index (χ2v) is 3.76. The molecule has 1 aliphatic rings. The minimum Gasteiger partial charge on any atom is -0.294 e. The Bertz CT molecular complexity index is 225. The third kappa shape index (κ3) is 2.83. The number of allylic oxidation sites excluding steroid dienone is 3. The molecule has 0 unspecified atom stereocenters. The highest BCUT2D eigenvalue weighted by Crippen LogP contribution is 2.21. The Kier molecular flexibility index (Phi) is 3.94. The molecule has 0 saturated carbocycles. The van der Waals surface area contributed by atoms with Crippen LogP contribution in [0.15, 0.2) is 24.3 Å². The summed E-state index contributed by atoms with van der Waals surface area (Å²) in [7, 11) is 0. The van der Waals surface area contributed by atoms with E-state index in [4.69, 9.17) is 0 Å². The van der Waals surface area contributed by atoms with Gasteiger partial charge in [0, 0.05) is 5.92 Å². The van der Waals surface area contributed by atoms with Crippen molar-refractivity contribution < 1.29 is 4.79 Å². The van der Waals surface area contributed by atoms with Gasteiger partial charge in [0.05, 0.1) is 0 Å². The summed E-state index contributed by atoms with van der Waals surface area (Å²) in [5.74, 6) is 0.460. The molecule has 0 N–H and O–H groups in total. The second-order valence-electron chi connectivity index (χ2n) is 3.76. The maximum Gasteiger partial charge on any atom is 0.161 e. The largest absolute Gasteiger partial charge is 0.294 e. The van der Waals surface area contributed by atoms with Crippen LogP contribution in [-0.4, -0.2) is 5.78 Å². The number of rotatable bonds is 4. The second kappa shape index (κ2) is 5.00. The quantitative estimate of drug-likeness (QED) is 0.604. The molecule has 1 atom stereocenters. The Balaban J connectivity index is 2.54. The molecular weight excluding hydrogens is 160 g/mol. The van der Waals surface area contributed by atoms with Crippen LogP contribution in [0.3, 0.4) is 0 Å². The van der Waals surface area contributed by atoms with Crippen molar-refractivity contribution in [1.82, 2.24) is 0 Å². The molecule has 0 heterocycles. The lowest BCUT2D eigenvalue weighted by Crippen LogP contribution is -2.14. The maximum atomic E-state index is 11.8. The van der Waals surface area contributed by atoms with E-state index in [-0.39, 0.29) is 5.92 Å².